The van der Waals surface area contributed by atoms with Crippen LogP contribution in [-0.2, 0) is 0 Å². The highest BCUT2D eigenvalue weighted by atomic mass is 35.5. The largest absolute Gasteiger partial charge is 0.382 e. The van der Waals surface area contributed by atoms with Crippen molar-refractivity contribution in [2.24, 2.45) is 23.7 Å². The number of hydrogen-bond donors (Lipinski definition) is 1. The van der Waals surface area contributed by atoms with Gasteiger partial charge in [-0.05, 0) is 74.0 Å². The zero-order chi connectivity index (χ0) is 13.0. The standard InChI is InChI=1S/C16H19Cl2N/c17-13-6-14(18)8-15(7-13)19-16-11-2-9-1-10(4-11)5-12(16)3-9/h6-12,16,19H,1-5H2. The molecule has 0 amide bonds. The van der Waals surface area contributed by atoms with Crippen LogP contribution in [0.15, 0.2) is 18.2 Å². The normalized spacial score (nSPS) is 39.6. The molecule has 1 aromatic rings. The summed E-state index contributed by atoms with van der Waals surface area (Å²) in [6, 6.07) is 6.43. The van der Waals surface area contributed by atoms with Crippen LogP contribution < -0.4 is 5.32 Å². The minimum Gasteiger partial charge on any atom is -0.382 e. The van der Waals surface area contributed by atoms with Gasteiger partial charge in [0.15, 0.2) is 0 Å². The summed E-state index contributed by atoms with van der Waals surface area (Å²) in [6.07, 6.45) is 7.22. The second kappa shape index (κ2) is 4.56. The Kier molecular flexibility index (Phi) is 2.97. The predicted molar refractivity (Wildman–Crippen MR) is 80.9 cm³/mol. The van der Waals surface area contributed by atoms with E-state index in [0.29, 0.717) is 6.04 Å². The van der Waals surface area contributed by atoms with E-state index in [9.17, 15) is 0 Å². The Morgan fingerprint density at radius 2 is 1.32 bits per heavy atom. The molecule has 4 aliphatic carbocycles. The van der Waals surface area contributed by atoms with Crippen LogP contribution in [0.3, 0.4) is 0 Å². The van der Waals surface area contributed by atoms with Gasteiger partial charge in [-0.2, -0.15) is 0 Å². The number of anilines is 1. The van der Waals surface area contributed by atoms with Gasteiger partial charge in [-0.15, -0.1) is 0 Å². The van der Waals surface area contributed by atoms with Gasteiger partial charge in [0.2, 0.25) is 0 Å². The van der Waals surface area contributed by atoms with Crippen LogP contribution in [0.25, 0.3) is 0 Å². The molecule has 0 atom stereocenters. The van der Waals surface area contributed by atoms with E-state index in [1.807, 2.05) is 12.1 Å². The topological polar surface area (TPSA) is 12.0 Å². The zero-order valence-electron chi connectivity index (χ0n) is 10.9. The Balaban J connectivity index is 1.56. The summed E-state index contributed by atoms with van der Waals surface area (Å²) >= 11 is 12.2. The van der Waals surface area contributed by atoms with Crippen LogP contribution in [-0.4, -0.2) is 6.04 Å². The van der Waals surface area contributed by atoms with Crippen LogP contribution in [0.2, 0.25) is 10.0 Å². The van der Waals surface area contributed by atoms with Crippen molar-refractivity contribution >= 4 is 28.9 Å². The lowest BCUT2D eigenvalue weighted by Gasteiger charge is -2.54. The molecule has 1 aromatic carbocycles. The van der Waals surface area contributed by atoms with Gasteiger partial charge >= 0.3 is 0 Å². The van der Waals surface area contributed by atoms with Gasteiger partial charge in [-0.1, -0.05) is 23.2 Å². The number of hydrogen-bond acceptors (Lipinski definition) is 1. The number of benzene rings is 1. The van der Waals surface area contributed by atoms with Crippen LogP contribution in [0.4, 0.5) is 5.69 Å². The van der Waals surface area contributed by atoms with Gasteiger partial charge in [0.25, 0.3) is 0 Å². The van der Waals surface area contributed by atoms with E-state index in [0.717, 1.165) is 39.4 Å². The summed E-state index contributed by atoms with van der Waals surface area (Å²) in [5, 5.41) is 5.18. The summed E-state index contributed by atoms with van der Waals surface area (Å²) in [4.78, 5) is 0. The maximum absolute atomic E-state index is 6.09. The van der Waals surface area contributed by atoms with E-state index >= 15 is 0 Å². The third-order valence-electron chi connectivity index (χ3n) is 5.42. The van der Waals surface area contributed by atoms with Gasteiger partial charge in [0.05, 0.1) is 0 Å². The van der Waals surface area contributed by atoms with E-state index in [-0.39, 0.29) is 0 Å². The highest BCUT2D eigenvalue weighted by molar-refractivity contribution is 6.35. The molecular formula is C16H19Cl2N. The minimum absolute atomic E-state index is 0.641. The van der Waals surface area contributed by atoms with E-state index in [1.54, 1.807) is 6.07 Å². The number of nitrogens with one attached hydrogen (secondary N) is 1. The van der Waals surface area contributed by atoms with Crippen molar-refractivity contribution < 1.29 is 0 Å². The van der Waals surface area contributed by atoms with E-state index in [2.05, 4.69) is 5.32 Å². The van der Waals surface area contributed by atoms with Crippen LogP contribution >= 0.6 is 23.2 Å². The molecule has 0 aliphatic heterocycles. The molecule has 0 radical (unpaired) electrons. The molecule has 0 heterocycles. The molecule has 1 nitrogen and oxygen atoms in total. The second-order valence-corrected chi connectivity index (χ2v) is 7.63. The quantitative estimate of drug-likeness (QED) is 0.788. The van der Waals surface area contributed by atoms with Crippen LogP contribution in [0, 0.1) is 23.7 Å². The second-order valence-electron chi connectivity index (χ2n) is 6.76. The highest BCUT2D eigenvalue weighted by Crippen LogP contribution is 2.54. The number of halogens is 2. The molecule has 102 valence electrons. The van der Waals surface area contributed by atoms with E-state index in [1.165, 1.54) is 32.1 Å². The summed E-state index contributed by atoms with van der Waals surface area (Å²) in [5.74, 6) is 3.77. The first kappa shape index (κ1) is 12.3. The molecule has 5 rings (SSSR count). The molecular weight excluding hydrogens is 277 g/mol. The Hall–Kier alpha value is -0.400. The minimum atomic E-state index is 0.641. The smallest absolute Gasteiger partial charge is 0.0441 e. The third-order valence-corrected chi connectivity index (χ3v) is 5.86. The lowest BCUT2D eigenvalue weighted by molar-refractivity contribution is 0.00754. The Morgan fingerprint density at radius 1 is 0.789 bits per heavy atom. The van der Waals surface area contributed by atoms with Gasteiger partial charge in [0.1, 0.15) is 0 Å². The predicted octanol–water partition coefficient (Wildman–Crippen LogP) is 5.23. The maximum atomic E-state index is 6.09. The lowest BCUT2D eigenvalue weighted by atomic mass is 9.54. The molecule has 4 saturated carbocycles. The first-order valence-electron chi connectivity index (χ1n) is 7.40. The van der Waals surface area contributed by atoms with Gasteiger partial charge < -0.3 is 5.32 Å². The Bertz CT molecular complexity index is 451. The molecule has 4 aliphatic rings. The molecule has 4 bridgehead atoms. The summed E-state index contributed by atoms with van der Waals surface area (Å²) in [7, 11) is 0. The van der Waals surface area contributed by atoms with Crippen molar-refractivity contribution in [2.45, 2.75) is 38.1 Å². The first-order valence-corrected chi connectivity index (χ1v) is 8.15. The van der Waals surface area contributed by atoms with Gasteiger partial charge in [-0.3, -0.25) is 0 Å². The third kappa shape index (κ3) is 2.25. The first-order chi connectivity index (χ1) is 9.17. The fourth-order valence-electron chi connectivity index (χ4n) is 4.99. The molecule has 0 aromatic heterocycles. The highest BCUT2D eigenvalue weighted by Gasteiger charge is 2.48. The number of rotatable bonds is 2. The van der Waals surface area contributed by atoms with Gasteiger partial charge in [0, 0.05) is 21.8 Å². The van der Waals surface area contributed by atoms with Crippen molar-refractivity contribution in [1.29, 1.82) is 0 Å². The van der Waals surface area contributed by atoms with Crippen molar-refractivity contribution in [3.63, 3.8) is 0 Å². The fourth-order valence-corrected chi connectivity index (χ4v) is 5.52. The molecule has 1 N–H and O–H groups in total. The summed E-state index contributed by atoms with van der Waals surface area (Å²) < 4.78 is 0. The summed E-state index contributed by atoms with van der Waals surface area (Å²) in [6.45, 7) is 0. The van der Waals surface area contributed by atoms with Crippen molar-refractivity contribution in [1.82, 2.24) is 0 Å². The zero-order valence-corrected chi connectivity index (χ0v) is 12.4. The average molecular weight is 296 g/mol. The average Bonchev–Trinajstić information content (AvgIpc) is 2.31. The fraction of sp³-hybridized carbons (Fsp3) is 0.625. The van der Waals surface area contributed by atoms with Crippen molar-refractivity contribution in [3.05, 3.63) is 28.2 Å². The molecule has 3 heteroatoms. The molecule has 0 unspecified atom stereocenters. The van der Waals surface area contributed by atoms with Crippen LogP contribution in [0.5, 0.6) is 0 Å². The van der Waals surface area contributed by atoms with E-state index in [4.69, 9.17) is 23.2 Å². The SMILES string of the molecule is Clc1cc(Cl)cc(NC2C3CC4CC(C3)CC2C4)c1. The monoisotopic (exact) mass is 295 g/mol. The molecule has 0 saturated heterocycles. The molecule has 0 spiro atoms. The van der Waals surface area contributed by atoms with Crippen molar-refractivity contribution in [3.8, 4) is 0 Å². The maximum Gasteiger partial charge on any atom is 0.0441 e. The van der Waals surface area contributed by atoms with Crippen LogP contribution in [0.1, 0.15) is 32.1 Å². The van der Waals surface area contributed by atoms with E-state index < -0.39 is 0 Å². The Morgan fingerprint density at radius 3 is 1.84 bits per heavy atom. The molecule has 4 fully saturated rings. The van der Waals surface area contributed by atoms with Crippen molar-refractivity contribution in [2.75, 3.05) is 5.32 Å². The summed E-state index contributed by atoms with van der Waals surface area (Å²) in [5.41, 5.74) is 1.09. The molecule has 19 heavy (non-hydrogen) atoms. The Labute approximate surface area is 124 Å². The van der Waals surface area contributed by atoms with Gasteiger partial charge in [-0.25, -0.2) is 0 Å². The lowest BCUT2D eigenvalue weighted by Crippen LogP contribution is -2.51.